The molecule has 2 amide bonds. The standard InChI is InChI=1S/C17H15BrN4O2/c1-11-15(20-16(23)12-8-13(18)10-19-9-12)17(24)22(21(11)2)14-6-4-3-5-7-14/h3-11H,1-2H3. The summed E-state index contributed by atoms with van der Waals surface area (Å²) in [6.45, 7) is 1.84. The van der Waals surface area contributed by atoms with E-state index in [-0.39, 0.29) is 17.7 Å². The van der Waals surface area contributed by atoms with Gasteiger partial charge < -0.3 is 0 Å². The van der Waals surface area contributed by atoms with Crippen LogP contribution in [0.2, 0.25) is 0 Å². The maximum atomic E-state index is 12.7. The van der Waals surface area contributed by atoms with E-state index in [0.717, 1.165) is 5.69 Å². The molecule has 1 unspecified atom stereocenters. The molecule has 24 heavy (non-hydrogen) atoms. The number of rotatable bonds is 2. The Labute approximate surface area is 147 Å². The Morgan fingerprint density at radius 1 is 1.25 bits per heavy atom. The first-order valence-corrected chi connectivity index (χ1v) is 8.14. The number of amides is 2. The molecule has 0 bridgehead atoms. The summed E-state index contributed by atoms with van der Waals surface area (Å²) < 4.78 is 0.683. The topological polar surface area (TPSA) is 65.9 Å². The van der Waals surface area contributed by atoms with E-state index in [4.69, 9.17) is 0 Å². The molecular weight excluding hydrogens is 372 g/mol. The number of hydrogen-bond acceptors (Lipinski definition) is 4. The number of hydrogen-bond donors (Lipinski definition) is 0. The molecule has 1 fully saturated rings. The molecule has 1 aromatic carbocycles. The lowest BCUT2D eigenvalue weighted by molar-refractivity contribution is -0.113. The number of benzene rings is 1. The Morgan fingerprint density at radius 2 is 1.96 bits per heavy atom. The van der Waals surface area contributed by atoms with Crippen LogP contribution in [0.3, 0.4) is 0 Å². The zero-order valence-electron chi connectivity index (χ0n) is 13.2. The first-order chi connectivity index (χ1) is 11.5. The van der Waals surface area contributed by atoms with Crippen LogP contribution in [-0.2, 0) is 4.79 Å². The van der Waals surface area contributed by atoms with E-state index in [0.29, 0.717) is 10.0 Å². The van der Waals surface area contributed by atoms with Crippen LogP contribution in [0, 0.1) is 0 Å². The second kappa shape index (κ2) is 6.62. The van der Waals surface area contributed by atoms with E-state index in [2.05, 4.69) is 25.9 Å². The summed E-state index contributed by atoms with van der Waals surface area (Å²) in [5.74, 6) is -0.783. The molecule has 0 radical (unpaired) electrons. The van der Waals surface area contributed by atoms with E-state index in [1.54, 1.807) is 24.3 Å². The predicted octanol–water partition coefficient (Wildman–Crippen LogP) is 2.71. The van der Waals surface area contributed by atoms with Crippen LogP contribution < -0.4 is 5.01 Å². The summed E-state index contributed by atoms with van der Waals surface area (Å²) in [7, 11) is 1.79. The number of carbonyl (C=O) groups excluding carboxylic acids is 2. The Morgan fingerprint density at radius 3 is 2.62 bits per heavy atom. The summed E-state index contributed by atoms with van der Waals surface area (Å²) >= 11 is 3.27. The van der Waals surface area contributed by atoms with Gasteiger partial charge in [0.1, 0.15) is 5.71 Å². The third-order valence-electron chi connectivity index (χ3n) is 3.86. The van der Waals surface area contributed by atoms with Crippen LogP contribution in [0.25, 0.3) is 0 Å². The lowest BCUT2D eigenvalue weighted by Crippen LogP contribution is -2.38. The second-order valence-corrected chi connectivity index (χ2v) is 6.31. The van der Waals surface area contributed by atoms with Gasteiger partial charge in [-0.1, -0.05) is 18.2 Å². The predicted molar refractivity (Wildman–Crippen MR) is 94.9 cm³/mol. The minimum absolute atomic E-state index is 0.214. The first-order valence-electron chi connectivity index (χ1n) is 7.34. The molecule has 0 spiro atoms. The van der Waals surface area contributed by atoms with Gasteiger partial charge in [0.2, 0.25) is 0 Å². The number of para-hydroxylation sites is 1. The molecule has 0 saturated carbocycles. The molecule has 6 nitrogen and oxygen atoms in total. The Bertz CT molecular complexity index is 822. The zero-order chi connectivity index (χ0) is 17.3. The van der Waals surface area contributed by atoms with Crippen molar-refractivity contribution < 1.29 is 9.59 Å². The summed E-state index contributed by atoms with van der Waals surface area (Å²) in [6, 6.07) is 10.6. The maximum Gasteiger partial charge on any atom is 0.289 e. The second-order valence-electron chi connectivity index (χ2n) is 5.40. The fourth-order valence-electron chi connectivity index (χ4n) is 2.49. The average Bonchev–Trinajstić information content (AvgIpc) is 2.79. The van der Waals surface area contributed by atoms with Crippen LogP contribution in [-0.4, -0.2) is 40.6 Å². The normalized spacial score (nSPS) is 20.0. The molecule has 1 aliphatic heterocycles. The SMILES string of the molecule is CC1C(=NC(=O)c2cncc(Br)c2)C(=O)N(c2ccccc2)N1C. The molecule has 0 N–H and O–H groups in total. The third kappa shape index (κ3) is 3.00. The van der Waals surface area contributed by atoms with Crippen molar-refractivity contribution in [3.05, 3.63) is 58.8 Å². The van der Waals surface area contributed by atoms with Crippen LogP contribution in [0.1, 0.15) is 17.3 Å². The van der Waals surface area contributed by atoms with E-state index in [1.807, 2.05) is 37.3 Å². The minimum Gasteiger partial charge on any atom is -0.267 e. The lowest BCUT2D eigenvalue weighted by atomic mass is 10.2. The summed E-state index contributed by atoms with van der Waals surface area (Å²) in [4.78, 5) is 33.1. The molecule has 1 saturated heterocycles. The molecule has 1 aliphatic rings. The van der Waals surface area contributed by atoms with Gasteiger partial charge in [0, 0.05) is 23.9 Å². The largest absolute Gasteiger partial charge is 0.289 e. The summed E-state index contributed by atoms with van der Waals surface area (Å²) in [6.07, 6.45) is 3.01. The third-order valence-corrected chi connectivity index (χ3v) is 4.29. The minimum atomic E-state index is -0.484. The summed E-state index contributed by atoms with van der Waals surface area (Å²) in [5.41, 5.74) is 1.28. The van der Waals surface area contributed by atoms with Crippen molar-refractivity contribution in [2.45, 2.75) is 13.0 Å². The van der Waals surface area contributed by atoms with E-state index in [9.17, 15) is 9.59 Å². The van der Waals surface area contributed by atoms with Gasteiger partial charge in [-0.2, -0.15) is 0 Å². The number of aromatic nitrogens is 1. The average molecular weight is 387 g/mol. The smallest absolute Gasteiger partial charge is 0.267 e. The van der Waals surface area contributed by atoms with Crippen molar-refractivity contribution in [3.63, 3.8) is 0 Å². The van der Waals surface area contributed by atoms with Gasteiger partial charge in [-0.3, -0.25) is 14.6 Å². The quantitative estimate of drug-likeness (QED) is 0.795. The lowest BCUT2D eigenvalue weighted by Gasteiger charge is -2.25. The number of anilines is 1. The van der Waals surface area contributed by atoms with Crippen molar-refractivity contribution in [3.8, 4) is 0 Å². The molecule has 2 aromatic rings. The molecular formula is C17H15BrN4O2. The molecule has 1 atom stereocenters. The van der Waals surface area contributed by atoms with Gasteiger partial charge in [-0.25, -0.2) is 15.0 Å². The van der Waals surface area contributed by atoms with E-state index < -0.39 is 5.91 Å². The highest BCUT2D eigenvalue weighted by atomic mass is 79.9. The molecule has 1 aromatic heterocycles. The number of hydrazine groups is 1. The Kier molecular flexibility index (Phi) is 4.55. The van der Waals surface area contributed by atoms with E-state index >= 15 is 0 Å². The number of nitrogens with zero attached hydrogens (tertiary/aromatic N) is 4. The Balaban J connectivity index is 1.94. The Hall–Kier alpha value is -2.38. The molecule has 3 rings (SSSR count). The highest BCUT2D eigenvalue weighted by molar-refractivity contribution is 9.10. The number of halogens is 1. The maximum absolute atomic E-state index is 12.7. The van der Waals surface area contributed by atoms with Crippen molar-refractivity contribution in [2.24, 2.45) is 4.99 Å². The van der Waals surface area contributed by atoms with E-state index in [1.165, 1.54) is 11.2 Å². The molecule has 2 heterocycles. The van der Waals surface area contributed by atoms with Crippen molar-refractivity contribution in [1.29, 1.82) is 0 Å². The van der Waals surface area contributed by atoms with Crippen molar-refractivity contribution >= 4 is 39.1 Å². The van der Waals surface area contributed by atoms with Gasteiger partial charge in [0.15, 0.2) is 0 Å². The van der Waals surface area contributed by atoms with Crippen LogP contribution in [0.5, 0.6) is 0 Å². The van der Waals surface area contributed by atoms with Gasteiger partial charge in [-0.05, 0) is 41.1 Å². The monoisotopic (exact) mass is 386 g/mol. The summed E-state index contributed by atoms with van der Waals surface area (Å²) in [5, 5.41) is 3.29. The highest BCUT2D eigenvalue weighted by Crippen LogP contribution is 2.24. The van der Waals surface area contributed by atoms with Crippen LogP contribution in [0.4, 0.5) is 5.69 Å². The van der Waals surface area contributed by atoms with Gasteiger partial charge in [0.05, 0.1) is 17.3 Å². The van der Waals surface area contributed by atoms with Crippen molar-refractivity contribution in [1.82, 2.24) is 9.99 Å². The first kappa shape index (κ1) is 16.5. The number of carbonyl (C=O) groups is 2. The molecule has 7 heteroatoms. The fraction of sp³-hybridized carbons (Fsp3) is 0.176. The zero-order valence-corrected chi connectivity index (χ0v) is 14.8. The molecule has 122 valence electrons. The number of aliphatic imine (C=N–C) groups is 1. The van der Waals surface area contributed by atoms with Crippen LogP contribution in [0.15, 0.2) is 58.3 Å². The van der Waals surface area contributed by atoms with Gasteiger partial charge >= 0.3 is 0 Å². The van der Waals surface area contributed by atoms with Gasteiger partial charge in [0.25, 0.3) is 11.8 Å². The number of pyridine rings is 1. The van der Waals surface area contributed by atoms with Gasteiger partial charge in [-0.15, -0.1) is 0 Å². The molecule has 0 aliphatic carbocycles. The van der Waals surface area contributed by atoms with Crippen molar-refractivity contribution in [2.75, 3.05) is 12.1 Å². The highest BCUT2D eigenvalue weighted by Gasteiger charge is 2.40. The van der Waals surface area contributed by atoms with Crippen LogP contribution >= 0.6 is 15.9 Å². The fourth-order valence-corrected chi connectivity index (χ4v) is 2.86.